The van der Waals surface area contributed by atoms with Crippen molar-refractivity contribution >= 4 is 5.78 Å². The van der Waals surface area contributed by atoms with Gasteiger partial charge in [-0.2, -0.15) is 0 Å². The zero-order valence-corrected chi connectivity index (χ0v) is 12.8. The number of carbonyl (C=O) groups is 1. The SMILES string of the molecule is O=C1C=C(N2CC3CCCC(c4ccc(F)cc4)C3C2)CC1. The second-order valence-corrected chi connectivity index (χ2v) is 7.02. The summed E-state index contributed by atoms with van der Waals surface area (Å²) in [5.41, 5.74) is 2.53. The van der Waals surface area contributed by atoms with Crippen LogP contribution in [0.1, 0.15) is 43.6 Å². The molecule has 1 saturated carbocycles. The molecule has 3 unspecified atom stereocenters. The molecule has 2 aliphatic carbocycles. The zero-order chi connectivity index (χ0) is 15.1. The second-order valence-electron chi connectivity index (χ2n) is 7.02. The molecule has 22 heavy (non-hydrogen) atoms. The van der Waals surface area contributed by atoms with Gasteiger partial charge < -0.3 is 4.90 Å². The molecule has 0 radical (unpaired) electrons. The van der Waals surface area contributed by atoms with Crippen LogP contribution in [-0.4, -0.2) is 23.8 Å². The first kappa shape index (κ1) is 14.0. The van der Waals surface area contributed by atoms with Gasteiger partial charge in [-0.25, -0.2) is 4.39 Å². The number of nitrogens with zero attached hydrogens (tertiary/aromatic N) is 1. The predicted octanol–water partition coefficient (Wildman–Crippen LogP) is 3.89. The lowest BCUT2D eigenvalue weighted by atomic mass is 9.71. The molecule has 3 atom stereocenters. The smallest absolute Gasteiger partial charge is 0.157 e. The highest BCUT2D eigenvalue weighted by atomic mass is 19.1. The second kappa shape index (κ2) is 5.53. The fourth-order valence-electron chi connectivity index (χ4n) is 4.66. The molecule has 1 aromatic rings. The fraction of sp³-hybridized carbons (Fsp3) is 0.526. The van der Waals surface area contributed by atoms with Crippen molar-refractivity contribution in [1.82, 2.24) is 4.90 Å². The van der Waals surface area contributed by atoms with Gasteiger partial charge in [-0.3, -0.25) is 4.79 Å². The summed E-state index contributed by atoms with van der Waals surface area (Å²) in [6, 6.07) is 7.10. The van der Waals surface area contributed by atoms with Crippen molar-refractivity contribution in [3.63, 3.8) is 0 Å². The molecule has 116 valence electrons. The summed E-state index contributed by atoms with van der Waals surface area (Å²) in [6.07, 6.45) is 7.21. The molecule has 2 fully saturated rings. The Hall–Kier alpha value is -1.64. The van der Waals surface area contributed by atoms with Gasteiger partial charge in [-0.05, 0) is 54.7 Å². The molecule has 4 rings (SSSR count). The Balaban J connectivity index is 1.55. The first-order valence-corrected chi connectivity index (χ1v) is 8.44. The van der Waals surface area contributed by atoms with E-state index < -0.39 is 0 Å². The molecule has 2 nitrogen and oxygen atoms in total. The quantitative estimate of drug-likeness (QED) is 0.826. The van der Waals surface area contributed by atoms with E-state index in [1.807, 2.05) is 18.2 Å². The lowest BCUT2D eigenvalue weighted by Gasteiger charge is -2.33. The molecule has 1 saturated heterocycles. The minimum atomic E-state index is -0.154. The molecular weight excluding hydrogens is 277 g/mol. The van der Waals surface area contributed by atoms with Crippen LogP contribution < -0.4 is 0 Å². The maximum Gasteiger partial charge on any atom is 0.157 e. The molecule has 0 aromatic heterocycles. The molecule has 0 spiro atoms. The van der Waals surface area contributed by atoms with Crippen LogP contribution in [-0.2, 0) is 4.79 Å². The number of allylic oxidation sites excluding steroid dienone is 2. The summed E-state index contributed by atoms with van der Waals surface area (Å²) in [6.45, 7) is 2.16. The van der Waals surface area contributed by atoms with E-state index >= 15 is 0 Å². The van der Waals surface area contributed by atoms with Gasteiger partial charge in [0, 0.05) is 31.3 Å². The van der Waals surface area contributed by atoms with Crippen molar-refractivity contribution < 1.29 is 9.18 Å². The van der Waals surface area contributed by atoms with E-state index in [0.717, 1.165) is 25.4 Å². The number of benzene rings is 1. The van der Waals surface area contributed by atoms with E-state index in [9.17, 15) is 9.18 Å². The van der Waals surface area contributed by atoms with Crippen molar-refractivity contribution in [2.75, 3.05) is 13.1 Å². The van der Waals surface area contributed by atoms with Crippen molar-refractivity contribution in [3.8, 4) is 0 Å². The molecule has 0 N–H and O–H groups in total. The third kappa shape index (κ3) is 2.47. The highest BCUT2D eigenvalue weighted by Gasteiger charge is 2.41. The third-order valence-electron chi connectivity index (χ3n) is 5.76. The first-order chi connectivity index (χ1) is 10.7. The van der Waals surface area contributed by atoms with Gasteiger partial charge in [0.1, 0.15) is 5.82 Å². The Morgan fingerprint density at radius 3 is 2.59 bits per heavy atom. The molecular formula is C19H22FNO. The standard InChI is InChI=1S/C19H22FNO/c20-15-6-4-13(5-7-15)18-3-1-2-14-11-21(12-19(14)18)16-8-9-17(22)10-16/h4-7,10,14,18-19H,1-3,8-9,11-12H2. The van der Waals surface area contributed by atoms with Gasteiger partial charge in [0.05, 0.1) is 0 Å². The Morgan fingerprint density at radius 2 is 1.86 bits per heavy atom. The molecule has 3 heteroatoms. The molecule has 1 aliphatic heterocycles. The van der Waals surface area contributed by atoms with E-state index in [2.05, 4.69) is 4.90 Å². The highest BCUT2D eigenvalue weighted by Crippen LogP contribution is 2.46. The van der Waals surface area contributed by atoms with Crippen molar-refractivity contribution in [2.45, 2.75) is 38.0 Å². The van der Waals surface area contributed by atoms with Crippen LogP contribution in [0.3, 0.4) is 0 Å². The van der Waals surface area contributed by atoms with Crippen molar-refractivity contribution in [2.24, 2.45) is 11.8 Å². The summed E-state index contributed by atoms with van der Waals surface area (Å²) in [4.78, 5) is 14.0. The van der Waals surface area contributed by atoms with E-state index in [1.165, 1.54) is 30.5 Å². The lowest BCUT2D eigenvalue weighted by molar-refractivity contribution is -0.114. The summed E-state index contributed by atoms with van der Waals surface area (Å²) in [5.74, 6) is 2.04. The maximum atomic E-state index is 13.2. The number of fused-ring (bicyclic) bond motifs is 1. The van der Waals surface area contributed by atoms with Crippen LogP contribution >= 0.6 is 0 Å². The van der Waals surface area contributed by atoms with Crippen molar-refractivity contribution in [1.29, 1.82) is 0 Å². The van der Waals surface area contributed by atoms with Crippen molar-refractivity contribution in [3.05, 3.63) is 47.4 Å². The van der Waals surface area contributed by atoms with E-state index in [4.69, 9.17) is 0 Å². The van der Waals surface area contributed by atoms with E-state index in [-0.39, 0.29) is 11.6 Å². The number of rotatable bonds is 2. The van der Waals surface area contributed by atoms with Gasteiger partial charge in [0.2, 0.25) is 0 Å². The molecule has 3 aliphatic rings. The van der Waals surface area contributed by atoms with Crippen LogP contribution in [0.15, 0.2) is 36.0 Å². The lowest BCUT2D eigenvalue weighted by Crippen LogP contribution is -2.25. The summed E-state index contributed by atoms with van der Waals surface area (Å²) < 4.78 is 13.2. The molecule has 1 aromatic carbocycles. The van der Waals surface area contributed by atoms with E-state index in [1.54, 1.807) is 12.1 Å². The van der Waals surface area contributed by atoms with Gasteiger partial charge >= 0.3 is 0 Å². The Morgan fingerprint density at radius 1 is 1.05 bits per heavy atom. The molecule has 0 amide bonds. The largest absolute Gasteiger partial charge is 0.374 e. The number of carbonyl (C=O) groups excluding carboxylic acids is 1. The maximum absolute atomic E-state index is 13.2. The monoisotopic (exact) mass is 299 g/mol. The Kier molecular flexibility index (Phi) is 3.51. The number of likely N-dealkylation sites (tertiary alicyclic amines) is 1. The topological polar surface area (TPSA) is 20.3 Å². The number of ketones is 1. The average molecular weight is 299 g/mol. The van der Waals surface area contributed by atoms with Gasteiger partial charge in [-0.1, -0.05) is 18.6 Å². The number of hydrogen-bond donors (Lipinski definition) is 0. The summed E-state index contributed by atoms with van der Waals surface area (Å²) >= 11 is 0. The minimum absolute atomic E-state index is 0.154. The fourth-order valence-corrected chi connectivity index (χ4v) is 4.66. The first-order valence-electron chi connectivity index (χ1n) is 8.44. The van der Waals surface area contributed by atoms with Gasteiger partial charge in [0.15, 0.2) is 5.78 Å². The molecule has 0 bridgehead atoms. The predicted molar refractivity (Wildman–Crippen MR) is 83.9 cm³/mol. The Labute approximate surface area is 131 Å². The highest BCUT2D eigenvalue weighted by molar-refractivity contribution is 5.92. The summed E-state index contributed by atoms with van der Waals surface area (Å²) in [5, 5.41) is 0. The van der Waals surface area contributed by atoms with Crippen LogP contribution in [0.5, 0.6) is 0 Å². The zero-order valence-electron chi connectivity index (χ0n) is 12.8. The normalized spacial score (nSPS) is 31.3. The minimum Gasteiger partial charge on any atom is -0.374 e. The Bertz CT molecular complexity index is 606. The van der Waals surface area contributed by atoms with Gasteiger partial charge in [-0.15, -0.1) is 0 Å². The third-order valence-corrected chi connectivity index (χ3v) is 5.76. The number of halogens is 1. The van der Waals surface area contributed by atoms with Crippen LogP contribution in [0.4, 0.5) is 4.39 Å². The number of hydrogen-bond acceptors (Lipinski definition) is 2. The van der Waals surface area contributed by atoms with E-state index in [0.29, 0.717) is 18.3 Å². The summed E-state index contributed by atoms with van der Waals surface area (Å²) in [7, 11) is 0. The van der Waals surface area contributed by atoms with Crippen LogP contribution in [0.25, 0.3) is 0 Å². The molecule has 1 heterocycles. The van der Waals surface area contributed by atoms with Crippen LogP contribution in [0, 0.1) is 17.7 Å². The van der Waals surface area contributed by atoms with Crippen LogP contribution in [0.2, 0.25) is 0 Å². The van der Waals surface area contributed by atoms with Gasteiger partial charge in [0.25, 0.3) is 0 Å². The average Bonchev–Trinajstić information content (AvgIpc) is 3.13.